The zero-order chi connectivity index (χ0) is 9.38. The molecule has 14 heavy (non-hydrogen) atoms. The van der Waals surface area contributed by atoms with Crippen LogP contribution in [0.15, 0.2) is 24.8 Å². The molecule has 1 unspecified atom stereocenters. The molecule has 3 heterocycles. The number of fused-ring (bicyclic) bond motifs is 1. The molecule has 0 saturated carbocycles. The van der Waals surface area contributed by atoms with Crippen LogP contribution in [0.3, 0.4) is 0 Å². The van der Waals surface area contributed by atoms with E-state index >= 15 is 0 Å². The van der Waals surface area contributed by atoms with Crippen molar-refractivity contribution in [1.29, 1.82) is 0 Å². The highest BCUT2D eigenvalue weighted by atomic mass is 15.0. The summed E-state index contributed by atoms with van der Waals surface area (Å²) in [6, 6.07) is 0.390. The van der Waals surface area contributed by atoms with Crippen LogP contribution in [0.2, 0.25) is 0 Å². The largest absolute Gasteiger partial charge is 0.309 e. The average molecular weight is 188 g/mol. The van der Waals surface area contributed by atoms with Gasteiger partial charge in [0.1, 0.15) is 5.69 Å². The van der Waals surface area contributed by atoms with Crippen LogP contribution < -0.4 is 5.32 Å². The second-order valence-corrected chi connectivity index (χ2v) is 3.62. The Balaban J connectivity index is 2.14. The Morgan fingerprint density at radius 1 is 1.29 bits per heavy atom. The van der Waals surface area contributed by atoms with E-state index in [2.05, 4.69) is 15.3 Å². The fraction of sp³-hybridized carbons (Fsp3) is 0.400. The van der Waals surface area contributed by atoms with Gasteiger partial charge in [-0.1, -0.05) is 0 Å². The normalized spacial score (nSPS) is 21.9. The number of hydrogen-bond acceptors (Lipinski definition) is 3. The highest BCUT2D eigenvalue weighted by Crippen LogP contribution is 2.23. The third-order valence-corrected chi connectivity index (χ3v) is 2.73. The van der Waals surface area contributed by atoms with E-state index in [1.165, 1.54) is 12.8 Å². The standard InChI is InChI=1S/C10H12N4/c1-2-8(11-3-1)9-10-13-5-7-14(10)6-4-12-9/h4-8,11H,1-3H2. The molecule has 1 aliphatic heterocycles. The first-order valence-corrected chi connectivity index (χ1v) is 4.96. The summed E-state index contributed by atoms with van der Waals surface area (Å²) < 4.78 is 2.02. The van der Waals surface area contributed by atoms with Crippen molar-refractivity contribution < 1.29 is 0 Å². The summed E-state index contributed by atoms with van der Waals surface area (Å²) in [5, 5.41) is 3.44. The topological polar surface area (TPSA) is 42.2 Å². The van der Waals surface area contributed by atoms with Crippen LogP contribution in [-0.4, -0.2) is 20.9 Å². The van der Waals surface area contributed by atoms with Gasteiger partial charge in [-0.3, -0.25) is 4.98 Å². The van der Waals surface area contributed by atoms with E-state index in [0.717, 1.165) is 17.9 Å². The average Bonchev–Trinajstić information content (AvgIpc) is 2.88. The van der Waals surface area contributed by atoms with Gasteiger partial charge in [0.2, 0.25) is 0 Å². The highest BCUT2D eigenvalue weighted by molar-refractivity contribution is 5.45. The zero-order valence-electron chi connectivity index (χ0n) is 7.85. The minimum Gasteiger partial charge on any atom is -0.309 e. The van der Waals surface area contributed by atoms with Gasteiger partial charge < -0.3 is 9.72 Å². The van der Waals surface area contributed by atoms with E-state index in [1.54, 1.807) is 0 Å². The quantitative estimate of drug-likeness (QED) is 0.730. The Bertz CT molecular complexity index is 442. The molecule has 1 fully saturated rings. The van der Waals surface area contributed by atoms with Gasteiger partial charge in [-0.15, -0.1) is 0 Å². The van der Waals surface area contributed by atoms with Crippen LogP contribution in [0, 0.1) is 0 Å². The number of nitrogens with zero attached hydrogens (tertiary/aromatic N) is 3. The van der Waals surface area contributed by atoms with E-state index in [9.17, 15) is 0 Å². The smallest absolute Gasteiger partial charge is 0.160 e. The summed E-state index contributed by atoms with van der Waals surface area (Å²) in [7, 11) is 0. The second-order valence-electron chi connectivity index (χ2n) is 3.62. The summed E-state index contributed by atoms with van der Waals surface area (Å²) in [4.78, 5) is 8.74. The number of aromatic nitrogens is 3. The Morgan fingerprint density at radius 3 is 2.93 bits per heavy atom. The third kappa shape index (κ3) is 1.11. The molecular formula is C10H12N4. The van der Waals surface area contributed by atoms with Gasteiger partial charge in [-0.2, -0.15) is 0 Å². The summed E-state index contributed by atoms with van der Waals surface area (Å²) in [5.74, 6) is 0. The Morgan fingerprint density at radius 2 is 2.14 bits per heavy atom. The molecular weight excluding hydrogens is 176 g/mol. The van der Waals surface area contributed by atoms with Crippen LogP contribution in [0.4, 0.5) is 0 Å². The SMILES string of the molecule is c1cn2ccnc2c(C2CCCN2)n1. The number of rotatable bonds is 1. The van der Waals surface area contributed by atoms with Crippen molar-refractivity contribution >= 4 is 5.65 Å². The Hall–Kier alpha value is -1.42. The molecule has 3 rings (SSSR count). The van der Waals surface area contributed by atoms with E-state index < -0.39 is 0 Å². The molecule has 0 aliphatic carbocycles. The monoisotopic (exact) mass is 188 g/mol. The summed E-state index contributed by atoms with van der Waals surface area (Å²) in [5.41, 5.74) is 2.06. The molecule has 4 nitrogen and oxygen atoms in total. The molecule has 72 valence electrons. The summed E-state index contributed by atoms with van der Waals surface area (Å²) in [6.45, 7) is 1.09. The van der Waals surface area contributed by atoms with Crippen LogP contribution in [0.5, 0.6) is 0 Å². The first-order valence-electron chi connectivity index (χ1n) is 4.96. The minimum atomic E-state index is 0.390. The molecule has 1 N–H and O–H groups in total. The third-order valence-electron chi connectivity index (χ3n) is 2.73. The number of hydrogen-bond donors (Lipinski definition) is 1. The Kier molecular flexibility index (Phi) is 1.73. The fourth-order valence-corrected chi connectivity index (χ4v) is 2.04. The maximum absolute atomic E-state index is 4.42. The summed E-state index contributed by atoms with van der Waals surface area (Å²) in [6.07, 6.45) is 9.93. The molecule has 0 radical (unpaired) electrons. The van der Waals surface area contributed by atoms with E-state index in [0.29, 0.717) is 6.04 Å². The first-order chi connectivity index (χ1) is 6.95. The lowest BCUT2D eigenvalue weighted by Gasteiger charge is -2.09. The van der Waals surface area contributed by atoms with Crippen LogP contribution in [-0.2, 0) is 0 Å². The molecule has 1 saturated heterocycles. The van der Waals surface area contributed by atoms with Crippen molar-refractivity contribution in [3.63, 3.8) is 0 Å². The van der Waals surface area contributed by atoms with E-state index in [4.69, 9.17) is 0 Å². The van der Waals surface area contributed by atoms with E-state index in [-0.39, 0.29) is 0 Å². The van der Waals surface area contributed by atoms with Gasteiger partial charge in [0.05, 0.1) is 6.04 Å². The van der Waals surface area contributed by atoms with Crippen molar-refractivity contribution in [2.45, 2.75) is 18.9 Å². The molecule has 2 aromatic heterocycles. The Labute approximate surface area is 82.0 Å². The number of imidazole rings is 1. The van der Waals surface area contributed by atoms with Gasteiger partial charge in [0, 0.05) is 24.8 Å². The lowest BCUT2D eigenvalue weighted by atomic mass is 10.1. The predicted octanol–water partition coefficient (Wildman–Crippen LogP) is 1.15. The van der Waals surface area contributed by atoms with Crippen molar-refractivity contribution in [3.05, 3.63) is 30.5 Å². The summed E-state index contributed by atoms with van der Waals surface area (Å²) >= 11 is 0. The first kappa shape index (κ1) is 7.94. The van der Waals surface area contributed by atoms with Crippen molar-refractivity contribution in [1.82, 2.24) is 19.7 Å². The predicted molar refractivity (Wildman–Crippen MR) is 53.0 cm³/mol. The molecule has 4 heteroatoms. The van der Waals surface area contributed by atoms with Gasteiger partial charge in [-0.25, -0.2) is 4.98 Å². The second kappa shape index (κ2) is 3.06. The number of nitrogens with one attached hydrogen (secondary N) is 1. The van der Waals surface area contributed by atoms with Crippen molar-refractivity contribution in [2.75, 3.05) is 6.54 Å². The van der Waals surface area contributed by atoms with E-state index in [1.807, 2.05) is 29.2 Å². The maximum Gasteiger partial charge on any atom is 0.160 e. The van der Waals surface area contributed by atoms with Gasteiger partial charge in [0.15, 0.2) is 5.65 Å². The van der Waals surface area contributed by atoms with Gasteiger partial charge in [0.25, 0.3) is 0 Å². The van der Waals surface area contributed by atoms with Crippen LogP contribution >= 0.6 is 0 Å². The van der Waals surface area contributed by atoms with Crippen molar-refractivity contribution in [3.8, 4) is 0 Å². The molecule has 0 bridgehead atoms. The molecule has 1 atom stereocenters. The molecule has 0 aromatic carbocycles. The molecule has 1 aliphatic rings. The van der Waals surface area contributed by atoms with Gasteiger partial charge in [-0.05, 0) is 19.4 Å². The minimum absolute atomic E-state index is 0.390. The molecule has 2 aromatic rings. The molecule has 0 amide bonds. The fourth-order valence-electron chi connectivity index (χ4n) is 2.04. The molecule has 0 spiro atoms. The van der Waals surface area contributed by atoms with Crippen LogP contribution in [0.25, 0.3) is 5.65 Å². The van der Waals surface area contributed by atoms with Gasteiger partial charge >= 0.3 is 0 Å². The maximum atomic E-state index is 4.42. The van der Waals surface area contributed by atoms with Crippen LogP contribution in [0.1, 0.15) is 24.6 Å². The zero-order valence-corrected chi connectivity index (χ0v) is 7.85. The van der Waals surface area contributed by atoms with Crippen molar-refractivity contribution in [2.24, 2.45) is 0 Å². The highest BCUT2D eigenvalue weighted by Gasteiger charge is 2.20. The lowest BCUT2D eigenvalue weighted by molar-refractivity contribution is 0.628. The lowest BCUT2D eigenvalue weighted by Crippen LogP contribution is -2.15.